The second kappa shape index (κ2) is 4.75. The molecule has 0 fully saturated rings. The van der Waals surface area contributed by atoms with E-state index in [0.717, 1.165) is 18.6 Å². The molecule has 0 atom stereocenters. The van der Waals surface area contributed by atoms with Gasteiger partial charge in [-0.05, 0) is 30.7 Å². The Morgan fingerprint density at radius 3 is 2.50 bits per heavy atom. The van der Waals surface area contributed by atoms with Crippen molar-refractivity contribution in [3.8, 4) is 5.75 Å². The molecule has 1 aromatic carbocycles. The van der Waals surface area contributed by atoms with E-state index in [0.29, 0.717) is 6.61 Å². The molecule has 66 valence electrons. The van der Waals surface area contributed by atoms with Gasteiger partial charge in [0.2, 0.25) is 0 Å². The van der Waals surface area contributed by atoms with E-state index in [1.54, 1.807) is 12.1 Å². The Hall–Kier alpha value is -1.05. The van der Waals surface area contributed by atoms with Crippen LogP contribution in [0.25, 0.3) is 0 Å². The van der Waals surface area contributed by atoms with Gasteiger partial charge in [-0.25, -0.2) is 4.39 Å². The summed E-state index contributed by atoms with van der Waals surface area (Å²) in [6.07, 6.45) is 2.15. The zero-order chi connectivity index (χ0) is 8.81. The first kappa shape index (κ1) is 9.04. The van der Waals surface area contributed by atoms with Gasteiger partial charge in [0.05, 0.1) is 6.61 Å². The lowest BCUT2D eigenvalue weighted by molar-refractivity contribution is 0.309. The summed E-state index contributed by atoms with van der Waals surface area (Å²) in [5, 5.41) is 0. The minimum absolute atomic E-state index is 0.224. The van der Waals surface area contributed by atoms with Crippen LogP contribution in [0.15, 0.2) is 24.3 Å². The number of rotatable bonds is 4. The van der Waals surface area contributed by atoms with E-state index < -0.39 is 0 Å². The summed E-state index contributed by atoms with van der Waals surface area (Å²) in [4.78, 5) is 0. The van der Waals surface area contributed by atoms with Crippen LogP contribution in [0.5, 0.6) is 5.75 Å². The van der Waals surface area contributed by atoms with Crippen molar-refractivity contribution in [3.05, 3.63) is 30.1 Å². The van der Waals surface area contributed by atoms with Crippen LogP contribution in [0.4, 0.5) is 4.39 Å². The second-order valence-corrected chi connectivity index (χ2v) is 2.66. The molecule has 0 aromatic heterocycles. The van der Waals surface area contributed by atoms with Crippen LogP contribution in [0.3, 0.4) is 0 Å². The summed E-state index contributed by atoms with van der Waals surface area (Å²) in [7, 11) is 0. The molecular weight excluding hydrogens is 155 g/mol. The number of hydrogen-bond acceptors (Lipinski definition) is 1. The summed E-state index contributed by atoms with van der Waals surface area (Å²) in [5.41, 5.74) is 0. The Labute approximate surface area is 72.2 Å². The number of halogens is 1. The van der Waals surface area contributed by atoms with Crippen molar-refractivity contribution in [2.75, 3.05) is 6.61 Å². The fourth-order valence-corrected chi connectivity index (χ4v) is 0.865. The topological polar surface area (TPSA) is 9.23 Å². The number of ether oxygens (including phenoxy) is 1. The van der Waals surface area contributed by atoms with E-state index in [1.165, 1.54) is 12.1 Å². The lowest BCUT2D eigenvalue weighted by Crippen LogP contribution is -1.95. The summed E-state index contributed by atoms with van der Waals surface area (Å²) >= 11 is 0. The van der Waals surface area contributed by atoms with Crippen molar-refractivity contribution in [2.24, 2.45) is 0 Å². The van der Waals surface area contributed by atoms with Crippen molar-refractivity contribution >= 4 is 0 Å². The predicted molar refractivity (Wildman–Crippen MR) is 46.8 cm³/mol. The van der Waals surface area contributed by atoms with Gasteiger partial charge < -0.3 is 4.74 Å². The molecule has 0 saturated heterocycles. The monoisotopic (exact) mass is 168 g/mol. The zero-order valence-corrected chi connectivity index (χ0v) is 7.22. The van der Waals surface area contributed by atoms with Crippen LogP contribution in [0, 0.1) is 5.82 Å². The van der Waals surface area contributed by atoms with E-state index >= 15 is 0 Å². The molecule has 2 heteroatoms. The van der Waals surface area contributed by atoms with E-state index in [2.05, 4.69) is 6.92 Å². The molecule has 0 saturated carbocycles. The highest BCUT2D eigenvalue weighted by atomic mass is 19.1. The maximum Gasteiger partial charge on any atom is 0.123 e. The number of unbranched alkanes of at least 4 members (excludes halogenated alkanes) is 1. The van der Waals surface area contributed by atoms with E-state index in [4.69, 9.17) is 4.74 Å². The fraction of sp³-hybridized carbons (Fsp3) is 0.400. The van der Waals surface area contributed by atoms with E-state index in [9.17, 15) is 4.39 Å². The van der Waals surface area contributed by atoms with Gasteiger partial charge in [0.25, 0.3) is 0 Å². The normalized spacial score (nSPS) is 9.83. The maximum absolute atomic E-state index is 12.4. The molecule has 0 aliphatic heterocycles. The molecule has 12 heavy (non-hydrogen) atoms. The van der Waals surface area contributed by atoms with Crippen LogP contribution in [-0.2, 0) is 0 Å². The highest BCUT2D eigenvalue weighted by molar-refractivity contribution is 5.21. The molecule has 0 aliphatic carbocycles. The minimum atomic E-state index is -0.224. The lowest BCUT2D eigenvalue weighted by Gasteiger charge is -2.03. The fourth-order valence-electron chi connectivity index (χ4n) is 0.865. The molecule has 1 nitrogen and oxygen atoms in total. The van der Waals surface area contributed by atoms with Crippen LogP contribution >= 0.6 is 0 Å². The average molecular weight is 168 g/mol. The van der Waals surface area contributed by atoms with E-state index in [1.807, 2.05) is 0 Å². The number of benzene rings is 1. The quantitative estimate of drug-likeness (QED) is 0.628. The van der Waals surface area contributed by atoms with Crippen LogP contribution in [0.1, 0.15) is 19.8 Å². The van der Waals surface area contributed by atoms with Gasteiger partial charge in [0.15, 0.2) is 0 Å². The Bertz CT molecular complexity index is 218. The smallest absolute Gasteiger partial charge is 0.123 e. The Kier molecular flexibility index (Phi) is 3.58. The van der Waals surface area contributed by atoms with Gasteiger partial charge in [-0.3, -0.25) is 0 Å². The highest BCUT2D eigenvalue weighted by Gasteiger charge is 1.92. The first-order valence-corrected chi connectivity index (χ1v) is 4.21. The third-order valence-corrected chi connectivity index (χ3v) is 1.58. The van der Waals surface area contributed by atoms with Crippen molar-refractivity contribution in [3.63, 3.8) is 0 Å². The Morgan fingerprint density at radius 2 is 1.92 bits per heavy atom. The van der Waals surface area contributed by atoms with Crippen molar-refractivity contribution in [1.29, 1.82) is 0 Å². The molecule has 0 radical (unpaired) electrons. The highest BCUT2D eigenvalue weighted by Crippen LogP contribution is 2.11. The maximum atomic E-state index is 12.4. The molecular formula is C10H13FO. The SMILES string of the molecule is CCCCOc1ccc(F)cc1. The van der Waals surface area contributed by atoms with Gasteiger partial charge >= 0.3 is 0 Å². The third-order valence-electron chi connectivity index (χ3n) is 1.58. The molecule has 1 rings (SSSR count). The van der Waals surface area contributed by atoms with E-state index in [-0.39, 0.29) is 5.82 Å². The zero-order valence-electron chi connectivity index (χ0n) is 7.22. The summed E-state index contributed by atoms with van der Waals surface area (Å²) in [6, 6.07) is 6.10. The molecule has 0 amide bonds. The Morgan fingerprint density at radius 1 is 1.25 bits per heavy atom. The van der Waals surface area contributed by atoms with Gasteiger partial charge in [-0.2, -0.15) is 0 Å². The van der Waals surface area contributed by atoms with Crippen molar-refractivity contribution in [2.45, 2.75) is 19.8 Å². The average Bonchev–Trinajstić information content (AvgIpc) is 2.09. The summed E-state index contributed by atoms with van der Waals surface area (Å²) < 4.78 is 17.8. The molecule has 0 unspecified atom stereocenters. The van der Waals surface area contributed by atoms with Crippen LogP contribution in [-0.4, -0.2) is 6.61 Å². The predicted octanol–water partition coefficient (Wildman–Crippen LogP) is 3.00. The molecule has 0 bridgehead atoms. The summed E-state index contributed by atoms with van der Waals surface area (Å²) in [6.45, 7) is 2.82. The van der Waals surface area contributed by atoms with Crippen molar-refractivity contribution in [1.82, 2.24) is 0 Å². The standard InChI is InChI=1S/C10H13FO/c1-2-3-8-12-10-6-4-9(11)5-7-10/h4-7H,2-3,8H2,1H3. The molecule has 0 spiro atoms. The van der Waals surface area contributed by atoms with Gasteiger partial charge in [0, 0.05) is 0 Å². The van der Waals surface area contributed by atoms with Crippen molar-refractivity contribution < 1.29 is 9.13 Å². The van der Waals surface area contributed by atoms with Gasteiger partial charge in [0.1, 0.15) is 11.6 Å². The lowest BCUT2D eigenvalue weighted by atomic mass is 10.3. The summed E-state index contributed by atoms with van der Waals surface area (Å²) in [5.74, 6) is 0.516. The van der Waals surface area contributed by atoms with Crippen LogP contribution in [0.2, 0.25) is 0 Å². The first-order chi connectivity index (χ1) is 5.83. The minimum Gasteiger partial charge on any atom is -0.494 e. The van der Waals surface area contributed by atoms with Crippen LogP contribution < -0.4 is 4.74 Å². The first-order valence-electron chi connectivity index (χ1n) is 4.21. The third kappa shape index (κ3) is 2.91. The second-order valence-electron chi connectivity index (χ2n) is 2.66. The molecule has 0 N–H and O–H groups in total. The number of hydrogen-bond donors (Lipinski definition) is 0. The molecule has 1 aromatic rings. The van der Waals surface area contributed by atoms with Gasteiger partial charge in [-0.15, -0.1) is 0 Å². The van der Waals surface area contributed by atoms with Gasteiger partial charge in [-0.1, -0.05) is 13.3 Å². The molecule has 0 aliphatic rings. The Balaban J connectivity index is 2.37. The largest absolute Gasteiger partial charge is 0.494 e. The molecule has 0 heterocycles.